The van der Waals surface area contributed by atoms with E-state index >= 15 is 0 Å². The summed E-state index contributed by atoms with van der Waals surface area (Å²) in [5.41, 5.74) is 3.26. The van der Waals surface area contributed by atoms with Gasteiger partial charge in [-0.1, -0.05) is 12.1 Å². The number of rotatable bonds is 9. The van der Waals surface area contributed by atoms with E-state index in [4.69, 9.17) is 14.2 Å². The molecule has 2 heterocycles. The molecule has 1 saturated heterocycles. The number of benzene rings is 2. The number of morpholine rings is 1. The van der Waals surface area contributed by atoms with Gasteiger partial charge in [-0.3, -0.25) is 9.59 Å². The van der Waals surface area contributed by atoms with Crippen LogP contribution in [0.25, 0.3) is 10.9 Å². The molecule has 0 bridgehead atoms. The van der Waals surface area contributed by atoms with E-state index in [0.717, 1.165) is 27.8 Å². The highest BCUT2D eigenvalue weighted by atomic mass is 16.5. The number of hydrogen-bond acceptors (Lipinski definition) is 6. The molecule has 2 N–H and O–H groups in total. The van der Waals surface area contributed by atoms with E-state index in [2.05, 4.69) is 10.3 Å². The highest BCUT2D eigenvalue weighted by molar-refractivity contribution is 5.97. The molecule has 202 valence electrons. The van der Waals surface area contributed by atoms with Crippen molar-refractivity contribution in [3.63, 3.8) is 0 Å². The van der Waals surface area contributed by atoms with Gasteiger partial charge in [0.05, 0.1) is 45.8 Å². The van der Waals surface area contributed by atoms with Gasteiger partial charge in [0.15, 0.2) is 0 Å². The second-order valence-corrected chi connectivity index (χ2v) is 9.06. The third kappa shape index (κ3) is 6.44. The first kappa shape index (κ1) is 27.0. The van der Waals surface area contributed by atoms with Crippen molar-refractivity contribution in [1.82, 2.24) is 15.2 Å². The minimum Gasteiger partial charge on any atom is -0.497 e. The number of anilines is 1. The summed E-state index contributed by atoms with van der Waals surface area (Å²) < 4.78 is 15.8. The molecular weight excluding hydrogens is 488 g/mol. The predicted octanol–water partition coefficient (Wildman–Crippen LogP) is 3.42. The van der Waals surface area contributed by atoms with Gasteiger partial charge in [0, 0.05) is 42.9 Å². The Labute approximate surface area is 221 Å². The first-order valence-corrected chi connectivity index (χ1v) is 12.7. The third-order valence-electron chi connectivity index (χ3n) is 6.65. The van der Waals surface area contributed by atoms with Crippen LogP contribution in [0, 0.1) is 0 Å². The maximum absolute atomic E-state index is 13.1. The fraction of sp³-hybridized carbons (Fsp3) is 0.393. The minimum absolute atomic E-state index is 0.00205. The maximum atomic E-state index is 13.1. The topological polar surface area (TPSA) is 113 Å². The Morgan fingerprint density at radius 1 is 1.13 bits per heavy atom. The van der Waals surface area contributed by atoms with E-state index in [-0.39, 0.29) is 31.4 Å². The second kappa shape index (κ2) is 12.5. The number of hydrogen-bond donors (Lipinski definition) is 2. The number of esters is 1. The summed E-state index contributed by atoms with van der Waals surface area (Å²) in [4.78, 5) is 44.7. The first-order chi connectivity index (χ1) is 18.4. The van der Waals surface area contributed by atoms with Crippen LogP contribution in [0.15, 0.2) is 48.7 Å². The molecule has 1 aliphatic rings. The van der Waals surface area contributed by atoms with Crippen LogP contribution in [0.3, 0.4) is 0 Å². The van der Waals surface area contributed by atoms with Gasteiger partial charge in [-0.25, -0.2) is 4.79 Å². The Kier molecular flexibility index (Phi) is 8.85. The zero-order valence-corrected chi connectivity index (χ0v) is 22.0. The molecule has 4 rings (SSSR count). The van der Waals surface area contributed by atoms with Crippen molar-refractivity contribution in [1.29, 1.82) is 0 Å². The molecule has 0 saturated carbocycles. The van der Waals surface area contributed by atoms with Gasteiger partial charge in [-0.05, 0) is 48.4 Å². The summed E-state index contributed by atoms with van der Waals surface area (Å²) in [5.74, 6) is 0.254. The van der Waals surface area contributed by atoms with Gasteiger partial charge >= 0.3 is 12.0 Å². The molecule has 38 heavy (non-hydrogen) atoms. The maximum Gasteiger partial charge on any atom is 0.318 e. The van der Waals surface area contributed by atoms with Gasteiger partial charge < -0.3 is 34.3 Å². The van der Waals surface area contributed by atoms with Crippen molar-refractivity contribution in [3.8, 4) is 5.75 Å². The normalized spacial score (nSPS) is 14.1. The van der Waals surface area contributed by atoms with E-state index in [1.54, 1.807) is 30.9 Å². The molecule has 1 unspecified atom stereocenters. The lowest BCUT2D eigenvalue weighted by Crippen LogP contribution is -2.47. The van der Waals surface area contributed by atoms with Crippen LogP contribution in [-0.2, 0) is 25.5 Å². The number of nitrogens with one attached hydrogen (secondary N) is 2. The number of fused-ring (bicyclic) bond motifs is 1. The number of likely N-dealkylation sites (N-methyl/N-ethyl adjacent to an activating group) is 1. The van der Waals surface area contributed by atoms with E-state index in [1.165, 1.54) is 0 Å². The van der Waals surface area contributed by atoms with Crippen LogP contribution in [0.2, 0.25) is 0 Å². The Morgan fingerprint density at radius 2 is 1.87 bits per heavy atom. The summed E-state index contributed by atoms with van der Waals surface area (Å²) in [6.45, 7) is 3.96. The van der Waals surface area contributed by atoms with E-state index < -0.39 is 12.0 Å². The molecule has 10 heteroatoms. The Balaban J connectivity index is 1.46. The number of urea groups is 1. The van der Waals surface area contributed by atoms with Crippen molar-refractivity contribution in [2.45, 2.75) is 25.8 Å². The van der Waals surface area contributed by atoms with Crippen LogP contribution in [0.4, 0.5) is 10.5 Å². The second-order valence-electron chi connectivity index (χ2n) is 9.06. The van der Waals surface area contributed by atoms with Crippen LogP contribution in [0.5, 0.6) is 5.75 Å². The van der Waals surface area contributed by atoms with Crippen LogP contribution >= 0.6 is 0 Å². The molecule has 3 aromatic rings. The predicted molar refractivity (Wildman–Crippen MR) is 143 cm³/mol. The van der Waals surface area contributed by atoms with Crippen LogP contribution in [-0.4, -0.2) is 74.9 Å². The number of carbonyl (C=O) groups is 3. The Bertz CT molecular complexity index is 1270. The molecule has 2 aromatic carbocycles. The van der Waals surface area contributed by atoms with Crippen molar-refractivity contribution in [3.05, 3.63) is 59.8 Å². The highest BCUT2D eigenvalue weighted by Gasteiger charge is 2.24. The number of carbonyl (C=O) groups excluding carboxylic acids is 3. The highest BCUT2D eigenvalue weighted by Crippen LogP contribution is 2.26. The van der Waals surface area contributed by atoms with Crippen molar-refractivity contribution >= 4 is 34.5 Å². The molecule has 0 spiro atoms. The third-order valence-corrected chi connectivity index (χ3v) is 6.65. The zero-order valence-electron chi connectivity index (χ0n) is 22.0. The molecule has 10 nitrogen and oxygen atoms in total. The molecule has 1 aliphatic heterocycles. The summed E-state index contributed by atoms with van der Waals surface area (Å²) in [6, 6.07) is 12.1. The van der Waals surface area contributed by atoms with Crippen LogP contribution < -0.4 is 15.0 Å². The Morgan fingerprint density at radius 3 is 2.55 bits per heavy atom. The SMILES string of the molecule is CCOC(=O)CC(NC(=O)N1CCOCC1)c1ccc(N(C)C(=O)Cc2c[nH]c3ccc(OC)cc23)cc1. The van der Waals surface area contributed by atoms with E-state index in [9.17, 15) is 14.4 Å². The monoisotopic (exact) mass is 522 g/mol. The average Bonchev–Trinajstić information content (AvgIpc) is 3.34. The summed E-state index contributed by atoms with van der Waals surface area (Å²) in [5, 5.41) is 3.90. The number of aromatic amines is 1. The lowest BCUT2D eigenvalue weighted by molar-refractivity contribution is -0.143. The quantitative estimate of drug-likeness (QED) is 0.417. The summed E-state index contributed by atoms with van der Waals surface area (Å²) >= 11 is 0. The van der Waals surface area contributed by atoms with Crippen molar-refractivity contribution < 1.29 is 28.6 Å². The summed E-state index contributed by atoms with van der Waals surface area (Å²) in [6.07, 6.45) is 2.06. The van der Waals surface area contributed by atoms with Gasteiger partial charge in [0.2, 0.25) is 5.91 Å². The molecule has 0 radical (unpaired) electrons. The molecule has 0 aliphatic carbocycles. The molecular formula is C28H34N4O6. The van der Waals surface area contributed by atoms with Crippen molar-refractivity contribution in [2.75, 3.05) is 52.0 Å². The molecule has 1 atom stereocenters. The Hall–Kier alpha value is -4.05. The fourth-order valence-electron chi connectivity index (χ4n) is 4.43. The first-order valence-electron chi connectivity index (χ1n) is 12.7. The van der Waals surface area contributed by atoms with Crippen LogP contribution in [0.1, 0.15) is 30.5 Å². The number of amides is 3. The molecule has 3 amide bonds. The van der Waals surface area contributed by atoms with E-state index in [1.807, 2.05) is 48.7 Å². The largest absolute Gasteiger partial charge is 0.497 e. The van der Waals surface area contributed by atoms with Gasteiger partial charge in [0.1, 0.15) is 5.75 Å². The standard InChI is InChI=1S/C28H34N4O6/c1-4-38-27(34)17-25(30-28(35)32-11-13-37-14-12-32)19-5-7-21(8-6-19)31(2)26(33)15-20-18-29-24-10-9-22(36-3)16-23(20)24/h5-10,16,18,25,29H,4,11-15,17H2,1-3H3,(H,30,35). The molecule has 1 aromatic heterocycles. The minimum atomic E-state index is -0.569. The lowest BCUT2D eigenvalue weighted by atomic mass is 10.0. The van der Waals surface area contributed by atoms with Crippen molar-refractivity contribution in [2.24, 2.45) is 0 Å². The smallest absolute Gasteiger partial charge is 0.318 e. The number of aromatic nitrogens is 1. The van der Waals surface area contributed by atoms with E-state index in [0.29, 0.717) is 32.0 Å². The zero-order chi connectivity index (χ0) is 27.1. The lowest BCUT2D eigenvalue weighted by Gasteiger charge is -2.29. The fourth-order valence-corrected chi connectivity index (χ4v) is 4.43. The summed E-state index contributed by atoms with van der Waals surface area (Å²) in [7, 11) is 3.34. The number of ether oxygens (including phenoxy) is 3. The average molecular weight is 523 g/mol. The van der Waals surface area contributed by atoms with Gasteiger partial charge in [-0.2, -0.15) is 0 Å². The van der Waals surface area contributed by atoms with Gasteiger partial charge in [-0.15, -0.1) is 0 Å². The number of H-pyrrole nitrogens is 1. The number of methoxy groups -OCH3 is 1. The number of nitrogens with zero attached hydrogens (tertiary/aromatic N) is 2. The van der Waals surface area contributed by atoms with Gasteiger partial charge in [0.25, 0.3) is 0 Å². The molecule has 1 fully saturated rings.